The van der Waals surface area contributed by atoms with Gasteiger partial charge < -0.3 is 19.6 Å². The van der Waals surface area contributed by atoms with E-state index in [9.17, 15) is 10.1 Å². The molecular formula is C23H21BrN2O4. The summed E-state index contributed by atoms with van der Waals surface area (Å²) in [5, 5.41) is 9.69. The van der Waals surface area contributed by atoms with Gasteiger partial charge in [-0.1, -0.05) is 26.0 Å². The zero-order valence-electron chi connectivity index (χ0n) is 16.7. The van der Waals surface area contributed by atoms with Crippen LogP contribution in [-0.2, 0) is 16.1 Å². The number of carbonyl (C=O) groups is 1. The number of nitrogens with two attached hydrogens (primary N) is 1. The molecule has 1 aliphatic carbocycles. The van der Waals surface area contributed by atoms with Crippen LogP contribution in [0.3, 0.4) is 0 Å². The molecular weight excluding hydrogens is 448 g/mol. The average Bonchev–Trinajstić information content (AvgIpc) is 3.14. The maximum atomic E-state index is 13.0. The van der Waals surface area contributed by atoms with Crippen LogP contribution < -0.4 is 10.5 Å². The predicted octanol–water partition coefficient (Wildman–Crippen LogP) is 5.07. The second-order valence-corrected chi connectivity index (χ2v) is 9.08. The van der Waals surface area contributed by atoms with Gasteiger partial charge in [0.05, 0.1) is 10.4 Å². The molecule has 30 heavy (non-hydrogen) atoms. The molecule has 0 fully saturated rings. The van der Waals surface area contributed by atoms with Crippen LogP contribution in [0, 0.1) is 16.7 Å². The van der Waals surface area contributed by atoms with Gasteiger partial charge in [-0.15, -0.1) is 0 Å². The molecule has 2 heterocycles. The highest BCUT2D eigenvalue weighted by molar-refractivity contribution is 9.10. The minimum Gasteiger partial charge on any atom is -0.484 e. The number of nitrogens with zero attached hydrogens (tertiary/aromatic N) is 1. The third-order valence-corrected chi connectivity index (χ3v) is 5.90. The Morgan fingerprint density at radius 3 is 2.77 bits per heavy atom. The Labute approximate surface area is 183 Å². The highest BCUT2D eigenvalue weighted by Gasteiger charge is 2.44. The third-order valence-electron chi connectivity index (χ3n) is 5.25. The van der Waals surface area contributed by atoms with Crippen molar-refractivity contribution < 1.29 is 18.7 Å². The predicted molar refractivity (Wildman–Crippen MR) is 113 cm³/mol. The van der Waals surface area contributed by atoms with Gasteiger partial charge in [-0.05, 0) is 45.6 Å². The lowest BCUT2D eigenvalue weighted by atomic mass is 9.71. The van der Waals surface area contributed by atoms with E-state index in [1.807, 2.05) is 38.1 Å². The van der Waals surface area contributed by atoms with E-state index in [-0.39, 0.29) is 29.3 Å². The van der Waals surface area contributed by atoms with Gasteiger partial charge in [0, 0.05) is 18.4 Å². The summed E-state index contributed by atoms with van der Waals surface area (Å²) in [5.74, 6) is 1.58. The number of hydrogen-bond acceptors (Lipinski definition) is 6. The fraction of sp³-hybridized carbons (Fsp3) is 0.304. The molecule has 0 radical (unpaired) electrons. The lowest BCUT2D eigenvalue weighted by Gasteiger charge is -2.36. The number of halogens is 1. The first-order valence-electron chi connectivity index (χ1n) is 9.59. The Balaban J connectivity index is 1.65. The van der Waals surface area contributed by atoms with Crippen molar-refractivity contribution in [2.75, 3.05) is 0 Å². The van der Waals surface area contributed by atoms with Crippen molar-refractivity contribution >= 4 is 21.7 Å². The molecule has 1 aromatic heterocycles. The van der Waals surface area contributed by atoms with Gasteiger partial charge in [0.15, 0.2) is 5.78 Å². The highest BCUT2D eigenvalue weighted by Crippen LogP contribution is 2.48. The molecule has 0 amide bonds. The number of para-hydroxylation sites is 1. The topological polar surface area (TPSA) is 98.5 Å². The van der Waals surface area contributed by atoms with Crippen LogP contribution in [0.4, 0.5) is 0 Å². The Morgan fingerprint density at radius 1 is 1.27 bits per heavy atom. The Morgan fingerprint density at radius 2 is 2.03 bits per heavy atom. The van der Waals surface area contributed by atoms with E-state index in [4.69, 9.17) is 19.6 Å². The van der Waals surface area contributed by atoms with Gasteiger partial charge in [-0.2, -0.15) is 5.26 Å². The molecule has 0 saturated heterocycles. The van der Waals surface area contributed by atoms with E-state index in [0.29, 0.717) is 41.4 Å². The molecule has 0 bridgehead atoms. The van der Waals surface area contributed by atoms with Crippen LogP contribution in [-0.4, -0.2) is 5.78 Å². The molecule has 0 spiro atoms. The number of carbonyl (C=O) groups excluding carboxylic acids is 1. The molecule has 154 valence electrons. The van der Waals surface area contributed by atoms with Gasteiger partial charge >= 0.3 is 0 Å². The lowest BCUT2D eigenvalue weighted by Crippen LogP contribution is -2.33. The summed E-state index contributed by atoms with van der Waals surface area (Å²) in [6.45, 7) is 4.23. The van der Waals surface area contributed by atoms with Gasteiger partial charge in [-0.25, -0.2) is 0 Å². The van der Waals surface area contributed by atoms with Crippen molar-refractivity contribution in [1.29, 1.82) is 5.26 Å². The number of furan rings is 1. The Bertz CT molecular complexity index is 1120. The van der Waals surface area contributed by atoms with Crippen LogP contribution in [0.5, 0.6) is 5.75 Å². The summed E-state index contributed by atoms with van der Waals surface area (Å²) in [6, 6.07) is 13.2. The van der Waals surface area contributed by atoms with Crippen molar-refractivity contribution in [3.8, 4) is 11.8 Å². The summed E-state index contributed by atoms with van der Waals surface area (Å²) in [6.07, 6.45) is 0.950. The van der Waals surface area contributed by atoms with E-state index < -0.39 is 5.92 Å². The van der Waals surface area contributed by atoms with Crippen molar-refractivity contribution in [1.82, 2.24) is 0 Å². The first-order chi connectivity index (χ1) is 14.3. The van der Waals surface area contributed by atoms with Gasteiger partial charge in [0.25, 0.3) is 0 Å². The summed E-state index contributed by atoms with van der Waals surface area (Å²) >= 11 is 3.45. The molecule has 0 saturated carbocycles. The van der Waals surface area contributed by atoms with Crippen LogP contribution in [0.2, 0.25) is 0 Å². The van der Waals surface area contributed by atoms with Crippen molar-refractivity contribution in [3.63, 3.8) is 0 Å². The molecule has 1 aromatic carbocycles. The fourth-order valence-corrected chi connectivity index (χ4v) is 4.31. The summed E-state index contributed by atoms with van der Waals surface area (Å²) < 4.78 is 18.3. The normalized spacial score (nSPS) is 20.5. The van der Waals surface area contributed by atoms with Crippen molar-refractivity contribution in [2.24, 2.45) is 11.1 Å². The number of nitriles is 1. The molecule has 2 N–H and O–H groups in total. The standard InChI is InChI=1S/C23H21BrN2O4/c1-23(2)9-16(27)21-19(10-23)30-22(26)14(11-25)20(21)18-8-7-13(29-18)12-28-17-6-4-3-5-15(17)24/h3-8,20H,9-10,12,26H2,1-2H3/t20-/m0/s1. The number of hydrogen-bond donors (Lipinski definition) is 1. The van der Waals surface area contributed by atoms with E-state index in [1.165, 1.54) is 0 Å². The van der Waals surface area contributed by atoms with E-state index in [0.717, 1.165) is 4.47 Å². The highest BCUT2D eigenvalue weighted by atomic mass is 79.9. The zero-order valence-corrected chi connectivity index (χ0v) is 18.3. The lowest BCUT2D eigenvalue weighted by molar-refractivity contribution is -0.119. The second kappa shape index (κ2) is 7.69. The van der Waals surface area contributed by atoms with Crippen LogP contribution in [0.25, 0.3) is 0 Å². The number of rotatable bonds is 4. The van der Waals surface area contributed by atoms with Gasteiger partial charge in [0.1, 0.15) is 41.3 Å². The number of benzene rings is 1. The molecule has 7 heteroatoms. The van der Waals surface area contributed by atoms with Crippen LogP contribution in [0.15, 0.2) is 68.1 Å². The summed E-state index contributed by atoms with van der Waals surface area (Å²) in [7, 11) is 0. The molecule has 0 unspecified atom stereocenters. The van der Waals surface area contributed by atoms with Crippen molar-refractivity contribution in [2.45, 2.75) is 39.2 Å². The molecule has 4 rings (SSSR count). The number of Topliss-reactive ketones (excluding diaryl/α,β-unsaturated/α-hetero) is 1. The fourth-order valence-electron chi connectivity index (χ4n) is 3.91. The molecule has 1 aliphatic heterocycles. The second-order valence-electron chi connectivity index (χ2n) is 8.23. The molecule has 6 nitrogen and oxygen atoms in total. The average molecular weight is 469 g/mol. The first kappa shape index (κ1) is 20.3. The third kappa shape index (κ3) is 3.75. The number of allylic oxidation sites excluding steroid dienone is 3. The minimum atomic E-state index is -0.667. The number of ketones is 1. The number of ether oxygens (including phenoxy) is 2. The zero-order chi connectivity index (χ0) is 21.5. The van der Waals surface area contributed by atoms with Gasteiger partial charge in [-0.3, -0.25) is 4.79 Å². The first-order valence-corrected chi connectivity index (χ1v) is 10.4. The quantitative estimate of drug-likeness (QED) is 0.671. The Hall–Kier alpha value is -2.98. The molecule has 2 aliphatic rings. The maximum absolute atomic E-state index is 13.0. The minimum absolute atomic E-state index is 0.0224. The van der Waals surface area contributed by atoms with Gasteiger partial charge in [0.2, 0.25) is 5.88 Å². The Kier molecular flexibility index (Phi) is 5.20. The summed E-state index contributed by atoms with van der Waals surface area (Å²) in [4.78, 5) is 13.0. The SMILES string of the molecule is CC1(C)CC(=O)C2=C(C1)OC(N)=C(C#N)[C@H]2c1ccc(COc2ccccc2Br)o1. The maximum Gasteiger partial charge on any atom is 0.205 e. The van der Waals surface area contributed by atoms with Crippen LogP contribution >= 0.6 is 15.9 Å². The van der Waals surface area contributed by atoms with E-state index in [2.05, 4.69) is 22.0 Å². The smallest absolute Gasteiger partial charge is 0.205 e. The van der Waals surface area contributed by atoms with Crippen LogP contribution in [0.1, 0.15) is 44.1 Å². The summed E-state index contributed by atoms with van der Waals surface area (Å²) in [5.41, 5.74) is 6.46. The molecule has 2 aromatic rings. The van der Waals surface area contributed by atoms with E-state index in [1.54, 1.807) is 12.1 Å². The molecule has 1 atom stereocenters. The monoisotopic (exact) mass is 468 g/mol. The largest absolute Gasteiger partial charge is 0.484 e. The van der Waals surface area contributed by atoms with E-state index >= 15 is 0 Å². The van der Waals surface area contributed by atoms with Crippen molar-refractivity contribution in [3.05, 3.63) is 75.2 Å².